The largest absolute Gasteiger partial charge is 0.451 e. The van der Waals surface area contributed by atoms with Gasteiger partial charge in [-0.3, -0.25) is 4.79 Å². The zero-order valence-corrected chi connectivity index (χ0v) is 20.0. The Hall–Kier alpha value is -4.18. The van der Waals surface area contributed by atoms with E-state index in [1.807, 2.05) is 19.1 Å². The maximum Gasteiger partial charge on any atom is 0.261 e. The first-order chi connectivity index (χ1) is 17.5. The van der Waals surface area contributed by atoms with Crippen molar-refractivity contribution in [2.45, 2.75) is 13.0 Å². The molecule has 0 spiro atoms. The Morgan fingerprint density at radius 2 is 1.94 bits per heavy atom. The lowest BCUT2D eigenvalue weighted by atomic mass is 10.1. The molecule has 1 atom stereocenters. The zero-order valence-electron chi connectivity index (χ0n) is 20.0. The number of benzene rings is 2. The lowest BCUT2D eigenvalue weighted by Crippen LogP contribution is -2.44. The van der Waals surface area contributed by atoms with Crippen LogP contribution in [0, 0.1) is 5.82 Å². The summed E-state index contributed by atoms with van der Waals surface area (Å²) in [6.07, 6.45) is 2.85. The van der Waals surface area contributed by atoms with Crippen molar-refractivity contribution in [3.63, 3.8) is 0 Å². The Morgan fingerprint density at radius 1 is 1.11 bits per heavy atom. The van der Waals surface area contributed by atoms with Gasteiger partial charge in [-0.05, 0) is 44.3 Å². The van der Waals surface area contributed by atoms with Gasteiger partial charge < -0.3 is 29.5 Å². The van der Waals surface area contributed by atoms with Crippen molar-refractivity contribution in [2.24, 2.45) is 0 Å². The van der Waals surface area contributed by atoms with Crippen molar-refractivity contribution >= 4 is 33.3 Å². The Bertz CT molecular complexity index is 1600. The predicted molar refractivity (Wildman–Crippen MR) is 138 cm³/mol. The molecule has 36 heavy (non-hydrogen) atoms. The van der Waals surface area contributed by atoms with Crippen molar-refractivity contribution in [2.75, 3.05) is 43.4 Å². The molecule has 3 aromatic heterocycles. The third-order valence-electron chi connectivity index (χ3n) is 6.82. The van der Waals surface area contributed by atoms with Gasteiger partial charge in [0.05, 0.1) is 33.7 Å². The fourth-order valence-corrected chi connectivity index (χ4v) is 4.78. The average molecular weight is 488 g/mol. The number of oxazole rings is 1. The number of halogens is 1. The second-order valence-electron chi connectivity index (χ2n) is 9.22. The van der Waals surface area contributed by atoms with Crippen LogP contribution in [-0.4, -0.2) is 58.1 Å². The first-order valence-electron chi connectivity index (χ1n) is 11.9. The van der Waals surface area contributed by atoms with Gasteiger partial charge in [0, 0.05) is 31.9 Å². The van der Waals surface area contributed by atoms with Crippen molar-refractivity contribution in [3.8, 4) is 11.4 Å². The van der Waals surface area contributed by atoms with Gasteiger partial charge in [0.2, 0.25) is 0 Å². The van der Waals surface area contributed by atoms with E-state index in [0.29, 0.717) is 22.7 Å². The van der Waals surface area contributed by atoms with E-state index in [-0.39, 0.29) is 22.6 Å². The number of H-pyrrole nitrogens is 2. The number of pyridine rings is 1. The predicted octanol–water partition coefficient (Wildman–Crippen LogP) is 4.12. The average Bonchev–Trinajstić information content (AvgIpc) is 3.54. The summed E-state index contributed by atoms with van der Waals surface area (Å²) in [6.45, 7) is 5.77. The summed E-state index contributed by atoms with van der Waals surface area (Å²) in [7, 11) is 2.13. The number of fused-ring (bicyclic) bond motifs is 2. The number of likely N-dealkylation sites (N-methyl/N-ethyl adjacent to an activating group) is 1. The van der Waals surface area contributed by atoms with E-state index in [1.165, 1.54) is 18.7 Å². The first kappa shape index (κ1) is 22.3. The van der Waals surface area contributed by atoms with Crippen molar-refractivity contribution in [1.82, 2.24) is 24.8 Å². The number of anilines is 2. The number of piperazine rings is 1. The molecule has 0 amide bonds. The summed E-state index contributed by atoms with van der Waals surface area (Å²) in [5, 5.41) is 3.57. The summed E-state index contributed by atoms with van der Waals surface area (Å²) in [5.41, 5.74) is 3.88. The molecule has 2 aromatic carbocycles. The van der Waals surface area contributed by atoms with Gasteiger partial charge in [-0.1, -0.05) is 6.07 Å². The van der Waals surface area contributed by atoms with Gasteiger partial charge in [0.1, 0.15) is 29.2 Å². The van der Waals surface area contributed by atoms with E-state index in [2.05, 4.69) is 43.2 Å². The van der Waals surface area contributed by atoms with Crippen LogP contribution in [0.25, 0.3) is 33.3 Å². The molecular weight excluding hydrogens is 461 g/mol. The number of aromatic amines is 2. The maximum absolute atomic E-state index is 15.1. The lowest BCUT2D eigenvalue weighted by Gasteiger charge is -2.34. The van der Waals surface area contributed by atoms with Crippen LogP contribution in [0.2, 0.25) is 0 Å². The van der Waals surface area contributed by atoms with E-state index in [4.69, 9.17) is 9.40 Å². The van der Waals surface area contributed by atoms with Crippen LogP contribution in [0.3, 0.4) is 0 Å². The number of rotatable bonds is 5. The maximum atomic E-state index is 15.1. The molecule has 3 N–H and O–H groups in total. The number of imidazole rings is 1. The molecular formula is C26H26FN7O2. The second kappa shape index (κ2) is 8.80. The lowest BCUT2D eigenvalue weighted by molar-refractivity contribution is 0.313. The minimum atomic E-state index is -0.451. The molecule has 5 aromatic rings. The smallest absolute Gasteiger partial charge is 0.261 e. The highest BCUT2D eigenvalue weighted by molar-refractivity contribution is 5.99. The molecule has 0 bridgehead atoms. The van der Waals surface area contributed by atoms with E-state index < -0.39 is 5.82 Å². The number of hydrogen-bond donors (Lipinski definition) is 3. The van der Waals surface area contributed by atoms with Crippen LogP contribution in [-0.2, 0) is 0 Å². The Labute approximate surface area is 206 Å². The topological polar surface area (TPSA) is 106 Å². The fourth-order valence-electron chi connectivity index (χ4n) is 4.78. The summed E-state index contributed by atoms with van der Waals surface area (Å²) < 4.78 is 20.2. The van der Waals surface area contributed by atoms with Crippen LogP contribution >= 0.6 is 0 Å². The van der Waals surface area contributed by atoms with Crippen LogP contribution < -0.4 is 15.8 Å². The highest BCUT2D eigenvalue weighted by Crippen LogP contribution is 2.35. The standard InChI is InChI=1S/C26H26FN7O2/c1-15(21-13-36-14-28-21)29-24-22-17(27)4-3-5-19(22)32-26(35)23(24)25-30-18-7-6-16(12-20(18)31-25)34-10-8-33(2)9-11-34/h3-7,12-15H,8-11H2,1-2H3,(H,30,31)(H2,29,32,35)/t15-/m0/s1. The van der Waals surface area contributed by atoms with Crippen molar-refractivity contribution in [1.29, 1.82) is 0 Å². The molecule has 9 nitrogen and oxygen atoms in total. The number of hydrogen-bond acceptors (Lipinski definition) is 7. The third kappa shape index (κ3) is 3.89. The van der Waals surface area contributed by atoms with Crippen LogP contribution in [0.1, 0.15) is 18.7 Å². The Morgan fingerprint density at radius 3 is 2.72 bits per heavy atom. The molecule has 1 fully saturated rings. The molecule has 1 aliphatic rings. The minimum Gasteiger partial charge on any atom is -0.451 e. The number of aromatic nitrogens is 4. The quantitative estimate of drug-likeness (QED) is 0.342. The summed E-state index contributed by atoms with van der Waals surface area (Å²) in [6, 6.07) is 10.3. The highest BCUT2D eigenvalue weighted by Gasteiger charge is 2.23. The van der Waals surface area contributed by atoms with Crippen LogP contribution in [0.5, 0.6) is 0 Å². The Kier molecular flexibility index (Phi) is 5.45. The van der Waals surface area contributed by atoms with Crippen molar-refractivity contribution < 1.29 is 8.81 Å². The molecule has 0 saturated carbocycles. The fraction of sp³-hybridized carbons (Fsp3) is 0.269. The SMILES string of the molecule is C[C@H](Nc1c(-c2nc3ccc(N4CCN(C)CC4)cc3[nH]2)c(=O)[nH]c2cccc(F)c12)c1cocn1. The van der Waals surface area contributed by atoms with E-state index in [1.54, 1.807) is 12.1 Å². The summed E-state index contributed by atoms with van der Waals surface area (Å²) in [4.78, 5) is 33.0. The third-order valence-corrected chi connectivity index (χ3v) is 6.82. The molecule has 10 heteroatoms. The molecule has 0 radical (unpaired) electrons. The van der Waals surface area contributed by atoms with Crippen LogP contribution in [0.15, 0.2) is 58.3 Å². The van der Waals surface area contributed by atoms with Crippen molar-refractivity contribution in [3.05, 3.63) is 70.9 Å². The normalized spacial score (nSPS) is 15.6. The zero-order chi connectivity index (χ0) is 24.8. The molecule has 4 heterocycles. The van der Waals surface area contributed by atoms with Gasteiger partial charge in [0.15, 0.2) is 6.39 Å². The Balaban J connectivity index is 1.48. The van der Waals surface area contributed by atoms with Gasteiger partial charge in [-0.25, -0.2) is 14.4 Å². The monoisotopic (exact) mass is 487 g/mol. The van der Waals surface area contributed by atoms with E-state index >= 15 is 4.39 Å². The number of nitrogens with zero attached hydrogens (tertiary/aromatic N) is 4. The second-order valence-corrected chi connectivity index (χ2v) is 9.22. The molecule has 6 rings (SSSR count). The number of nitrogens with one attached hydrogen (secondary N) is 3. The van der Waals surface area contributed by atoms with E-state index in [0.717, 1.165) is 42.9 Å². The van der Waals surface area contributed by atoms with Gasteiger partial charge in [-0.2, -0.15) is 0 Å². The van der Waals surface area contributed by atoms with E-state index in [9.17, 15) is 4.79 Å². The molecule has 1 saturated heterocycles. The minimum absolute atomic E-state index is 0.236. The summed E-state index contributed by atoms with van der Waals surface area (Å²) >= 11 is 0. The molecule has 184 valence electrons. The van der Waals surface area contributed by atoms with Crippen LogP contribution in [0.4, 0.5) is 15.8 Å². The van der Waals surface area contributed by atoms with Gasteiger partial charge >= 0.3 is 0 Å². The molecule has 1 aliphatic heterocycles. The molecule has 0 unspecified atom stereocenters. The molecule has 0 aliphatic carbocycles. The van der Waals surface area contributed by atoms with Gasteiger partial charge in [0.25, 0.3) is 5.56 Å². The first-order valence-corrected chi connectivity index (χ1v) is 11.9. The summed E-state index contributed by atoms with van der Waals surface area (Å²) in [5.74, 6) is -0.0879. The highest BCUT2D eigenvalue weighted by atomic mass is 19.1. The van der Waals surface area contributed by atoms with Gasteiger partial charge in [-0.15, -0.1) is 0 Å².